The van der Waals surface area contributed by atoms with Crippen molar-refractivity contribution >= 4 is 62.1 Å². The van der Waals surface area contributed by atoms with Crippen LogP contribution in [0.3, 0.4) is 0 Å². The Kier molecular flexibility index (Phi) is 3.52. The zero-order valence-corrected chi connectivity index (χ0v) is 11.6. The topological polar surface area (TPSA) is 25.8 Å². The van der Waals surface area contributed by atoms with Crippen LogP contribution in [0.1, 0.15) is 0 Å². The maximum Gasteiger partial charge on any atom is 0.172 e. The second-order valence-electron chi connectivity index (χ2n) is 2.57. The van der Waals surface area contributed by atoms with Crippen LogP contribution in [-0.4, -0.2) is 9.97 Å². The monoisotopic (exact) mass is 342 g/mol. The van der Waals surface area contributed by atoms with Crippen molar-refractivity contribution in [1.82, 2.24) is 9.97 Å². The smallest absolute Gasteiger partial charge is 0.172 e. The zero-order valence-electron chi connectivity index (χ0n) is 6.97. The summed E-state index contributed by atoms with van der Waals surface area (Å²) in [5.41, 5.74) is 0. The molecule has 2 nitrogen and oxygen atoms in total. The van der Waals surface area contributed by atoms with Gasteiger partial charge in [-0.2, -0.15) is 0 Å². The van der Waals surface area contributed by atoms with Gasteiger partial charge in [-0.15, -0.1) is 11.3 Å². The summed E-state index contributed by atoms with van der Waals surface area (Å²) in [6.45, 7) is 0. The molecule has 0 spiro atoms. The van der Waals surface area contributed by atoms with Gasteiger partial charge in [-0.05, 0) is 22.0 Å². The Morgan fingerprint density at radius 3 is 2.13 bits per heavy atom. The maximum atomic E-state index is 5.91. The second kappa shape index (κ2) is 4.55. The molecule has 0 bridgehead atoms. The molecular formula is C8H2BrCl3N2S. The first-order valence-electron chi connectivity index (χ1n) is 3.71. The first kappa shape index (κ1) is 11.6. The molecule has 15 heavy (non-hydrogen) atoms. The highest BCUT2D eigenvalue weighted by molar-refractivity contribution is 9.10. The molecule has 0 N–H and O–H groups in total. The third-order valence-electron chi connectivity index (χ3n) is 1.53. The van der Waals surface area contributed by atoms with E-state index in [4.69, 9.17) is 34.8 Å². The minimum atomic E-state index is 0.311. The number of rotatable bonds is 1. The molecule has 2 aromatic heterocycles. The van der Waals surface area contributed by atoms with E-state index in [1.807, 2.05) is 6.07 Å². The van der Waals surface area contributed by atoms with Gasteiger partial charge in [0.25, 0.3) is 0 Å². The van der Waals surface area contributed by atoms with Crippen LogP contribution in [0.5, 0.6) is 0 Å². The van der Waals surface area contributed by atoms with E-state index in [9.17, 15) is 0 Å². The van der Waals surface area contributed by atoms with Gasteiger partial charge in [-0.25, -0.2) is 9.97 Å². The summed E-state index contributed by atoms with van der Waals surface area (Å²) < 4.78 is 1.45. The molecule has 0 fully saturated rings. The predicted molar refractivity (Wildman–Crippen MR) is 68.1 cm³/mol. The molecular weight excluding hydrogens is 342 g/mol. The normalized spacial score (nSPS) is 10.7. The summed E-state index contributed by atoms with van der Waals surface area (Å²) in [7, 11) is 0. The molecule has 7 heteroatoms. The van der Waals surface area contributed by atoms with Gasteiger partial charge < -0.3 is 0 Å². The van der Waals surface area contributed by atoms with Crippen molar-refractivity contribution in [3.8, 4) is 10.7 Å². The molecule has 0 radical (unpaired) electrons. The molecule has 2 rings (SSSR count). The SMILES string of the molecule is Clc1cc(Cl)nc(-c2cc(Br)c(Cl)s2)n1. The molecule has 0 saturated carbocycles. The van der Waals surface area contributed by atoms with Crippen molar-refractivity contribution in [3.05, 3.63) is 31.2 Å². The van der Waals surface area contributed by atoms with Gasteiger partial charge in [0.15, 0.2) is 5.82 Å². The van der Waals surface area contributed by atoms with Gasteiger partial charge in [0.1, 0.15) is 14.6 Å². The number of hydrogen-bond acceptors (Lipinski definition) is 3. The second-order valence-corrected chi connectivity index (χ2v) is 5.85. The minimum Gasteiger partial charge on any atom is -0.215 e. The third kappa shape index (κ3) is 2.63. The van der Waals surface area contributed by atoms with Crippen LogP contribution in [0.25, 0.3) is 10.7 Å². The molecule has 0 aromatic carbocycles. The molecule has 0 atom stereocenters. The summed E-state index contributed by atoms with van der Waals surface area (Å²) in [5.74, 6) is 0.477. The van der Waals surface area contributed by atoms with Crippen molar-refractivity contribution in [2.24, 2.45) is 0 Å². The van der Waals surface area contributed by atoms with Crippen LogP contribution in [0.2, 0.25) is 14.6 Å². The van der Waals surface area contributed by atoms with E-state index in [0.717, 1.165) is 9.35 Å². The highest BCUT2D eigenvalue weighted by Crippen LogP contribution is 2.37. The van der Waals surface area contributed by atoms with E-state index >= 15 is 0 Å². The fraction of sp³-hybridized carbons (Fsp3) is 0. The Morgan fingerprint density at radius 2 is 1.67 bits per heavy atom. The summed E-state index contributed by atoms with van der Waals surface area (Å²) in [5, 5.41) is 0.622. The molecule has 0 aliphatic carbocycles. The van der Waals surface area contributed by atoms with E-state index in [-0.39, 0.29) is 0 Å². The van der Waals surface area contributed by atoms with Gasteiger partial charge in [-0.3, -0.25) is 0 Å². The van der Waals surface area contributed by atoms with Crippen molar-refractivity contribution in [2.75, 3.05) is 0 Å². The van der Waals surface area contributed by atoms with E-state index in [2.05, 4.69) is 25.9 Å². The number of halogens is 4. The van der Waals surface area contributed by atoms with E-state index in [1.165, 1.54) is 17.4 Å². The van der Waals surface area contributed by atoms with Crippen LogP contribution in [0.4, 0.5) is 0 Å². The first-order chi connectivity index (χ1) is 7.06. The Morgan fingerprint density at radius 1 is 1.07 bits per heavy atom. The highest BCUT2D eigenvalue weighted by atomic mass is 79.9. The minimum absolute atomic E-state index is 0.311. The summed E-state index contributed by atoms with van der Waals surface area (Å²) in [6.07, 6.45) is 0. The number of aromatic nitrogens is 2. The third-order valence-corrected chi connectivity index (χ3v) is 4.39. The number of hydrogen-bond donors (Lipinski definition) is 0. The molecule has 0 amide bonds. The van der Waals surface area contributed by atoms with Gasteiger partial charge in [-0.1, -0.05) is 34.8 Å². The average Bonchev–Trinajstić information content (AvgIpc) is 2.45. The quantitative estimate of drug-likeness (QED) is 0.686. The highest BCUT2D eigenvalue weighted by Gasteiger charge is 2.10. The molecule has 0 aliphatic rings. The standard InChI is InChI=1S/C8H2BrCl3N2S/c9-3-1-4(15-7(3)12)8-13-5(10)2-6(11)14-8/h1-2H. The van der Waals surface area contributed by atoms with Crippen molar-refractivity contribution in [1.29, 1.82) is 0 Å². The first-order valence-corrected chi connectivity index (χ1v) is 6.46. The van der Waals surface area contributed by atoms with Gasteiger partial charge in [0, 0.05) is 10.5 Å². The number of nitrogens with zero attached hydrogens (tertiary/aromatic N) is 2. The largest absolute Gasteiger partial charge is 0.215 e. The number of thiophene rings is 1. The van der Waals surface area contributed by atoms with E-state index in [1.54, 1.807) is 0 Å². The van der Waals surface area contributed by atoms with Crippen LogP contribution in [0.15, 0.2) is 16.6 Å². The van der Waals surface area contributed by atoms with Gasteiger partial charge in [0.05, 0.1) is 4.88 Å². The lowest BCUT2D eigenvalue weighted by molar-refractivity contribution is 1.19. The van der Waals surface area contributed by atoms with Crippen LogP contribution in [-0.2, 0) is 0 Å². The van der Waals surface area contributed by atoms with Crippen molar-refractivity contribution < 1.29 is 0 Å². The zero-order chi connectivity index (χ0) is 11.0. The van der Waals surface area contributed by atoms with E-state index < -0.39 is 0 Å². The van der Waals surface area contributed by atoms with Gasteiger partial charge in [0.2, 0.25) is 0 Å². The lowest BCUT2D eigenvalue weighted by Crippen LogP contribution is -1.87. The predicted octanol–water partition coefficient (Wildman–Crippen LogP) is 4.93. The maximum absolute atomic E-state index is 5.91. The Bertz CT molecular complexity index is 475. The summed E-state index contributed by atoms with van der Waals surface area (Å²) in [4.78, 5) is 8.94. The summed E-state index contributed by atoms with van der Waals surface area (Å²) >= 11 is 22.1. The Balaban J connectivity index is 2.53. The van der Waals surface area contributed by atoms with Crippen molar-refractivity contribution in [2.45, 2.75) is 0 Å². The van der Waals surface area contributed by atoms with Gasteiger partial charge >= 0.3 is 0 Å². The summed E-state index contributed by atoms with van der Waals surface area (Å²) in [6, 6.07) is 3.31. The van der Waals surface area contributed by atoms with Crippen molar-refractivity contribution in [3.63, 3.8) is 0 Å². The molecule has 0 saturated heterocycles. The molecule has 0 unspecified atom stereocenters. The molecule has 0 aliphatic heterocycles. The van der Waals surface area contributed by atoms with Crippen LogP contribution < -0.4 is 0 Å². The average molecular weight is 344 g/mol. The Hall–Kier alpha value is 0.130. The fourth-order valence-electron chi connectivity index (χ4n) is 0.957. The van der Waals surface area contributed by atoms with E-state index in [0.29, 0.717) is 20.5 Å². The van der Waals surface area contributed by atoms with Crippen LogP contribution >= 0.6 is 62.1 Å². The molecule has 2 heterocycles. The molecule has 78 valence electrons. The lowest BCUT2D eigenvalue weighted by atomic mass is 10.4. The lowest BCUT2D eigenvalue weighted by Gasteiger charge is -1.97. The van der Waals surface area contributed by atoms with Crippen LogP contribution in [0, 0.1) is 0 Å². The Labute approximate surface area is 113 Å². The fourth-order valence-corrected chi connectivity index (χ4v) is 3.02. The molecule has 2 aromatic rings.